The summed E-state index contributed by atoms with van der Waals surface area (Å²) in [6.45, 7) is -0.468. The molecule has 0 aromatic heterocycles. The summed E-state index contributed by atoms with van der Waals surface area (Å²) in [5.41, 5.74) is 0. The zero-order valence-electron chi connectivity index (χ0n) is 12.1. The van der Waals surface area contributed by atoms with Gasteiger partial charge in [-0.25, -0.2) is 4.79 Å². The van der Waals surface area contributed by atoms with Crippen molar-refractivity contribution < 1.29 is 45.0 Å². The second kappa shape index (κ2) is 8.17. The Morgan fingerprint density at radius 2 is 1.74 bits per heavy atom. The van der Waals surface area contributed by atoms with E-state index in [1.54, 1.807) is 0 Å². The molecule has 1 heterocycles. The Kier molecular flexibility index (Phi) is 6.84. The van der Waals surface area contributed by atoms with Crippen LogP contribution in [-0.4, -0.2) is 103 Å². The van der Waals surface area contributed by atoms with E-state index in [2.05, 4.69) is 5.32 Å². The van der Waals surface area contributed by atoms with E-state index in [9.17, 15) is 24.6 Å². The maximum absolute atomic E-state index is 11.1. The summed E-state index contributed by atoms with van der Waals surface area (Å²) in [5, 5.41) is 57.2. The summed E-state index contributed by atoms with van der Waals surface area (Å²) in [6, 6.07) is -2.67. The molecule has 5 atom stereocenters. The highest BCUT2D eigenvalue weighted by Crippen LogP contribution is 2.19. The molecule has 0 aliphatic carbocycles. The van der Waals surface area contributed by atoms with Crippen molar-refractivity contribution in [2.45, 2.75) is 36.8 Å². The Balaban J connectivity index is 2.52. The Bertz CT molecular complexity index is 458. The van der Waals surface area contributed by atoms with Crippen LogP contribution in [0.2, 0.25) is 0 Å². The number of nitrogens with one attached hydrogen (secondary N) is 1. The first-order chi connectivity index (χ1) is 10.6. The fraction of sp³-hybridized carbons (Fsp3) is 0.750. The van der Waals surface area contributed by atoms with Crippen LogP contribution in [0, 0.1) is 0 Å². The molecule has 1 unspecified atom stereocenters. The molecule has 0 amide bonds. The molecule has 11 heteroatoms. The number of likely N-dealkylation sites (tertiary alicyclic amines) is 1. The summed E-state index contributed by atoms with van der Waals surface area (Å²) in [4.78, 5) is 33.7. The normalized spacial score (nSPS) is 25.2. The number of β-amino-alcohol motifs (C(OH)–C–C–N with tert-alkyl or cyclic N) is 2. The lowest BCUT2D eigenvalue weighted by molar-refractivity contribution is -0.163. The van der Waals surface area contributed by atoms with Gasteiger partial charge in [-0.05, 0) is 13.0 Å². The highest BCUT2D eigenvalue weighted by atomic mass is 16.4. The molecule has 1 rings (SSSR count). The fourth-order valence-electron chi connectivity index (χ4n) is 2.30. The lowest BCUT2D eigenvalue weighted by Gasteiger charge is -2.43. The number of rotatable bonds is 10. The van der Waals surface area contributed by atoms with Crippen LogP contribution in [0.4, 0.5) is 0 Å². The van der Waals surface area contributed by atoms with Crippen molar-refractivity contribution in [2.75, 3.05) is 19.6 Å². The smallest absolute Gasteiger partial charge is 0.332 e. The lowest BCUT2D eigenvalue weighted by Crippen LogP contribution is -2.66. The monoisotopic (exact) mass is 336 g/mol. The van der Waals surface area contributed by atoms with E-state index in [-0.39, 0.29) is 26.1 Å². The van der Waals surface area contributed by atoms with Gasteiger partial charge in [0.05, 0.1) is 12.2 Å². The largest absolute Gasteiger partial charge is 0.480 e. The summed E-state index contributed by atoms with van der Waals surface area (Å²) in [5.74, 6) is -4.13. The van der Waals surface area contributed by atoms with Crippen LogP contribution in [0.1, 0.15) is 6.42 Å². The van der Waals surface area contributed by atoms with Crippen molar-refractivity contribution in [2.24, 2.45) is 0 Å². The first-order valence-electron chi connectivity index (χ1n) is 6.85. The van der Waals surface area contributed by atoms with Crippen LogP contribution in [0.3, 0.4) is 0 Å². The Labute approximate surface area is 130 Å². The van der Waals surface area contributed by atoms with E-state index in [0.29, 0.717) is 0 Å². The molecule has 1 saturated heterocycles. The van der Waals surface area contributed by atoms with Crippen LogP contribution in [0.25, 0.3) is 0 Å². The van der Waals surface area contributed by atoms with Crippen LogP contribution in [-0.2, 0) is 14.4 Å². The molecule has 0 saturated carbocycles. The molecule has 0 bridgehead atoms. The van der Waals surface area contributed by atoms with Crippen molar-refractivity contribution in [1.29, 1.82) is 0 Å². The van der Waals surface area contributed by atoms with Gasteiger partial charge in [0.2, 0.25) is 0 Å². The standard InChI is InChI=1S/C12H20N2O9/c15-5(10(18)19)1-2-13-8(11(20)21)6(16)3-14-4-7(17)9(14)12(22)23/h5-9,13,15-17H,1-4H2,(H,18,19)(H,20,21)(H,22,23)/t5?,6-,7-,8-,9-/m0/s1. The molecule has 0 aromatic carbocycles. The third-order valence-electron chi connectivity index (χ3n) is 3.57. The number of carboxylic acids is 3. The van der Waals surface area contributed by atoms with E-state index < -0.39 is 48.3 Å². The van der Waals surface area contributed by atoms with Gasteiger partial charge in [-0.15, -0.1) is 0 Å². The van der Waals surface area contributed by atoms with Crippen molar-refractivity contribution >= 4 is 17.9 Å². The van der Waals surface area contributed by atoms with Gasteiger partial charge in [0.15, 0.2) is 6.10 Å². The average molecular weight is 336 g/mol. The first kappa shape index (κ1) is 19.3. The van der Waals surface area contributed by atoms with Gasteiger partial charge in [0, 0.05) is 13.1 Å². The average Bonchev–Trinajstić information content (AvgIpc) is 2.40. The lowest BCUT2D eigenvalue weighted by atomic mass is 9.97. The second-order valence-electron chi connectivity index (χ2n) is 5.28. The highest BCUT2D eigenvalue weighted by Gasteiger charge is 2.44. The van der Waals surface area contributed by atoms with Gasteiger partial charge in [-0.2, -0.15) is 0 Å². The molecule has 0 radical (unpaired) electrons. The zero-order chi connectivity index (χ0) is 17.7. The number of aliphatic carboxylic acids is 3. The number of hydrogen-bond donors (Lipinski definition) is 7. The summed E-state index contributed by atoms with van der Waals surface area (Å²) >= 11 is 0. The SMILES string of the molecule is O=C(O)C(O)CCN[C@H](C(=O)O)[C@@H](O)CN1C[C@H](O)[C@H]1C(=O)O. The van der Waals surface area contributed by atoms with E-state index in [1.807, 2.05) is 0 Å². The molecular weight excluding hydrogens is 316 g/mol. The number of aliphatic hydroxyl groups is 3. The number of carboxylic acid groups (broad SMARTS) is 3. The van der Waals surface area contributed by atoms with Crippen molar-refractivity contribution in [3.05, 3.63) is 0 Å². The molecule has 11 nitrogen and oxygen atoms in total. The molecule has 23 heavy (non-hydrogen) atoms. The van der Waals surface area contributed by atoms with Crippen LogP contribution >= 0.6 is 0 Å². The zero-order valence-corrected chi connectivity index (χ0v) is 12.1. The van der Waals surface area contributed by atoms with Crippen molar-refractivity contribution in [3.8, 4) is 0 Å². The molecule has 7 N–H and O–H groups in total. The topological polar surface area (TPSA) is 188 Å². The highest BCUT2D eigenvalue weighted by molar-refractivity contribution is 5.76. The Morgan fingerprint density at radius 1 is 1.13 bits per heavy atom. The molecule has 0 aromatic rings. The van der Waals surface area contributed by atoms with Gasteiger partial charge in [-0.1, -0.05) is 0 Å². The molecule has 1 aliphatic rings. The molecule has 1 aliphatic heterocycles. The third-order valence-corrected chi connectivity index (χ3v) is 3.57. The van der Waals surface area contributed by atoms with Crippen LogP contribution < -0.4 is 5.32 Å². The molecule has 1 fully saturated rings. The molecule has 132 valence electrons. The Hall–Kier alpha value is -1.79. The summed E-state index contributed by atoms with van der Waals surface area (Å²) < 4.78 is 0. The quantitative estimate of drug-likeness (QED) is 0.208. The van der Waals surface area contributed by atoms with Crippen LogP contribution in [0.5, 0.6) is 0 Å². The molecular formula is C12H20N2O9. The molecule has 0 spiro atoms. The van der Waals surface area contributed by atoms with Gasteiger partial charge in [-0.3, -0.25) is 14.5 Å². The van der Waals surface area contributed by atoms with E-state index in [0.717, 1.165) is 0 Å². The maximum Gasteiger partial charge on any atom is 0.332 e. The van der Waals surface area contributed by atoms with Gasteiger partial charge >= 0.3 is 17.9 Å². The van der Waals surface area contributed by atoms with Gasteiger partial charge in [0.1, 0.15) is 12.1 Å². The van der Waals surface area contributed by atoms with E-state index in [4.69, 9.17) is 20.4 Å². The second-order valence-corrected chi connectivity index (χ2v) is 5.28. The Morgan fingerprint density at radius 3 is 2.17 bits per heavy atom. The predicted molar refractivity (Wildman–Crippen MR) is 72.7 cm³/mol. The third kappa shape index (κ3) is 5.11. The predicted octanol–water partition coefficient (Wildman–Crippen LogP) is -3.64. The summed E-state index contributed by atoms with van der Waals surface area (Å²) in [6.07, 6.45) is -4.48. The van der Waals surface area contributed by atoms with E-state index >= 15 is 0 Å². The maximum atomic E-state index is 11.1. The van der Waals surface area contributed by atoms with Crippen molar-refractivity contribution in [1.82, 2.24) is 10.2 Å². The number of nitrogens with zero attached hydrogens (tertiary/aromatic N) is 1. The fourth-order valence-corrected chi connectivity index (χ4v) is 2.30. The number of carbonyl (C=O) groups is 3. The van der Waals surface area contributed by atoms with Crippen molar-refractivity contribution in [3.63, 3.8) is 0 Å². The number of aliphatic hydroxyl groups excluding tert-OH is 3. The first-order valence-corrected chi connectivity index (χ1v) is 6.85. The minimum atomic E-state index is -1.66. The van der Waals surface area contributed by atoms with Crippen LogP contribution in [0.15, 0.2) is 0 Å². The van der Waals surface area contributed by atoms with Gasteiger partial charge in [0.25, 0.3) is 0 Å². The summed E-state index contributed by atoms with van der Waals surface area (Å²) in [7, 11) is 0. The van der Waals surface area contributed by atoms with Gasteiger partial charge < -0.3 is 36.0 Å². The minimum absolute atomic E-state index is 0.00189. The number of hydrogen-bond acceptors (Lipinski definition) is 8. The minimum Gasteiger partial charge on any atom is -0.480 e. The van der Waals surface area contributed by atoms with E-state index in [1.165, 1.54) is 4.90 Å².